The van der Waals surface area contributed by atoms with Crippen LogP contribution in [0.25, 0.3) is 0 Å². The minimum atomic E-state index is -0.0557. The molecule has 2 rings (SSSR count). The Bertz CT molecular complexity index is 472. The number of nitrogen functional groups attached to an aromatic ring is 1. The Hall–Kier alpha value is -1.71. The van der Waals surface area contributed by atoms with Gasteiger partial charge in [0.05, 0.1) is 11.3 Å². The molecular weight excluding hydrogens is 238 g/mol. The molecule has 1 aromatic rings. The number of nitrogens with one attached hydrogen (secondary N) is 1. The zero-order valence-electron chi connectivity index (χ0n) is 12.0. The van der Waals surface area contributed by atoms with Gasteiger partial charge in [-0.1, -0.05) is 13.8 Å². The number of hydrogen-bond donors (Lipinski definition) is 2. The van der Waals surface area contributed by atoms with Crippen molar-refractivity contribution in [3.05, 3.63) is 23.8 Å². The summed E-state index contributed by atoms with van der Waals surface area (Å²) >= 11 is 0. The van der Waals surface area contributed by atoms with Crippen molar-refractivity contribution in [3.63, 3.8) is 0 Å². The molecule has 104 valence electrons. The molecule has 1 fully saturated rings. The molecule has 1 heterocycles. The second-order valence-electron chi connectivity index (χ2n) is 6.01. The predicted octanol–water partition coefficient (Wildman–Crippen LogP) is 2.25. The third-order valence-corrected chi connectivity index (χ3v) is 3.95. The Labute approximate surface area is 115 Å². The van der Waals surface area contributed by atoms with Gasteiger partial charge in [-0.25, -0.2) is 0 Å². The topological polar surface area (TPSA) is 58.4 Å². The standard InChI is InChI=1S/C15H23N3O/c1-15(2)6-8-18(9-7-15)13-10-11(16)4-5-12(13)14(19)17-3/h4-5,10H,6-9,16H2,1-3H3,(H,17,19). The van der Waals surface area contributed by atoms with Crippen LogP contribution < -0.4 is 16.0 Å². The number of piperidine rings is 1. The first-order chi connectivity index (χ1) is 8.93. The van der Waals surface area contributed by atoms with Crippen molar-refractivity contribution in [2.45, 2.75) is 26.7 Å². The van der Waals surface area contributed by atoms with Gasteiger partial charge in [0.2, 0.25) is 0 Å². The summed E-state index contributed by atoms with van der Waals surface area (Å²) in [5.74, 6) is -0.0557. The zero-order chi connectivity index (χ0) is 14.0. The van der Waals surface area contributed by atoms with Crippen molar-refractivity contribution in [3.8, 4) is 0 Å². The van der Waals surface area contributed by atoms with Crippen LogP contribution in [-0.2, 0) is 0 Å². The van der Waals surface area contributed by atoms with E-state index in [0.29, 0.717) is 16.7 Å². The first kappa shape index (κ1) is 13.7. The lowest BCUT2D eigenvalue weighted by molar-refractivity contribution is 0.0963. The first-order valence-electron chi connectivity index (χ1n) is 6.79. The summed E-state index contributed by atoms with van der Waals surface area (Å²) in [4.78, 5) is 14.2. The van der Waals surface area contributed by atoms with E-state index in [1.807, 2.05) is 12.1 Å². The molecule has 4 nitrogen and oxygen atoms in total. The quantitative estimate of drug-likeness (QED) is 0.803. The Morgan fingerprint density at radius 2 is 1.95 bits per heavy atom. The number of anilines is 2. The normalized spacial score (nSPS) is 18.2. The van der Waals surface area contributed by atoms with Crippen LogP contribution in [0.15, 0.2) is 18.2 Å². The molecule has 0 spiro atoms. The molecule has 0 aromatic heterocycles. The van der Waals surface area contributed by atoms with Crippen molar-refractivity contribution in [2.24, 2.45) is 5.41 Å². The predicted molar refractivity (Wildman–Crippen MR) is 79.5 cm³/mol. The lowest BCUT2D eigenvalue weighted by Crippen LogP contribution is -2.38. The van der Waals surface area contributed by atoms with Crippen molar-refractivity contribution in [2.75, 3.05) is 30.8 Å². The SMILES string of the molecule is CNC(=O)c1ccc(N)cc1N1CCC(C)(C)CC1. The van der Waals surface area contributed by atoms with Gasteiger partial charge in [0.15, 0.2) is 0 Å². The molecule has 0 aliphatic carbocycles. The number of carbonyl (C=O) groups excluding carboxylic acids is 1. The van der Waals surface area contributed by atoms with Gasteiger partial charge in [0, 0.05) is 25.8 Å². The largest absolute Gasteiger partial charge is 0.399 e. The highest BCUT2D eigenvalue weighted by atomic mass is 16.1. The minimum Gasteiger partial charge on any atom is -0.399 e. The van der Waals surface area contributed by atoms with Gasteiger partial charge >= 0.3 is 0 Å². The second-order valence-corrected chi connectivity index (χ2v) is 6.01. The molecule has 1 saturated heterocycles. The molecule has 0 radical (unpaired) electrons. The van der Waals surface area contributed by atoms with Crippen LogP contribution in [0, 0.1) is 5.41 Å². The monoisotopic (exact) mass is 261 g/mol. The Balaban J connectivity index is 2.28. The fraction of sp³-hybridized carbons (Fsp3) is 0.533. The van der Waals surface area contributed by atoms with Crippen LogP contribution in [0.1, 0.15) is 37.0 Å². The highest BCUT2D eigenvalue weighted by Crippen LogP contribution is 2.34. The van der Waals surface area contributed by atoms with E-state index >= 15 is 0 Å². The van der Waals surface area contributed by atoms with Crippen molar-refractivity contribution >= 4 is 17.3 Å². The molecule has 19 heavy (non-hydrogen) atoms. The van der Waals surface area contributed by atoms with Gasteiger partial charge in [-0.3, -0.25) is 4.79 Å². The highest BCUT2D eigenvalue weighted by Gasteiger charge is 2.27. The molecule has 1 amide bonds. The van der Waals surface area contributed by atoms with Crippen LogP contribution >= 0.6 is 0 Å². The lowest BCUT2D eigenvalue weighted by atomic mass is 9.82. The minimum absolute atomic E-state index is 0.0557. The number of benzene rings is 1. The number of amides is 1. The Morgan fingerprint density at radius 3 is 2.53 bits per heavy atom. The highest BCUT2D eigenvalue weighted by molar-refractivity contribution is 6.00. The van der Waals surface area contributed by atoms with E-state index in [9.17, 15) is 4.79 Å². The van der Waals surface area contributed by atoms with Gasteiger partial charge < -0.3 is 16.0 Å². The molecule has 1 aliphatic rings. The number of nitrogens with zero attached hydrogens (tertiary/aromatic N) is 1. The number of carbonyl (C=O) groups is 1. The maximum atomic E-state index is 11.9. The van der Waals surface area contributed by atoms with E-state index in [1.54, 1.807) is 13.1 Å². The van der Waals surface area contributed by atoms with Gasteiger partial charge in [0.1, 0.15) is 0 Å². The molecule has 3 N–H and O–H groups in total. The maximum absolute atomic E-state index is 11.9. The zero-order valence-corrected chi connectivity index (χ0v) is 12.0. The average molecular weight is 261 g/mol. The van der Waals surface area contributed by atoms with Gasteiger partial charge in [0.25, 0.3) is 5.91 Å². The van der Waals surface area contributed by atoms with Crippen LogP contribution in [-0.4, -0.2) is 26.0 Å². The van der Waals surface area contributed by atoms with E-state index in [4.69, 9.17) is 5.73 Å². The van der Waals surface area contributed by atoms with Crippen LogP contribution in [0.3, 0.4) is 0 Å². The fourth-order valence-corrected chi connectivity index (χ4v) is 2.49. The average Bonchev–Trinajstić information content (AvgIpc) is 2.38. The first-order valence-corrected chi connectivity index (χ1v) is 6.79. The molecule has 0 bridgehead atoms. The van der Waals surface area contributed by atoms with Crippen molar-refractivity contribution < 1.29 is 4.79 Å². The van der Waals surface area contributed by atoms with E-state index in [2.05, 4.69) is 24.1 Å². The van der Waals surface area contributed by atoms with E-state index in [-0.39, 0.29) is 5.91 Å². The summed E-state index contributed by atoms with van der Waals surface area (Å²) < 4.78 is 0. The summed E-state index contributed by atoms with van der Waals surface area (Å²) in [6.45, 7) is 6.54. The molecule has 4 heteroatoms. The third kappa shape index (κ3) is 3.00. The van der Waals surface area contributed by atoms with Gasteiger partial charge in [-0.2, -0.15) is 0 Å². The summed E-state index contributed by atoms with van der Waals surface area (Å²) in [6, 6.07) is 5.49. The maximum Gasteiger partial charge on any atom is 0.253 e. The fourth-order valence-electron chi connectivity index (χ4n) is 2.49. The number of hydrogen-bond acceptors (Lipinski definition) is 3. The Kier molecular flexibility index (Phi) is 3.69. The molecule has 1 aromatic carbocycles. The molecule has 0 atom stereocenters. The molecule has 0 saturated carbocycles. The molecular formula is C15H23N3O. The smallest absolute Gasteiger partial charge is 0.253 e. The molecule has 1 aliphatic heterocycles. The third-order valence-electron chi connectivity index (χ3n) is 3.95. The number of rotatable bonds is 2. The van der Waals surface area contributed by atoms with Crippen LogP contribution in [0.5, 0.6) is 0 Å². The Morgan fingerprint density at radius 1 is 1.32 bits per heavy atom. The molecule has 0 unspecified atom stereocenters. The van der Waals surface area contributed by atoms with Crippen LogP contribution in [0.2, 0.25) is 0 Å². The summed E-state index contributed by atoms with van der Waals surface area (Å²) in [6.07, 6.45) is 2.27. The number of nitrogens with two attached hydrogens (primary N) is 1. The van der Waals surface area contributed by atoms with E-state index < -0.39 is 0 Å². The van der Waals surface area contributed by atoms with Crippen molar-refractivity contribution in [1.82, 2.24) is 5.32 Å². The summed E-state index contributed by atoms with van der Waals surface area (Å²) in [5.41, 5.74) is 8.62. The van der Waals surface area contributed by atoms with Gasteiger partial charge in [-0.05, 0) is 36.5 Å². The van der Waals surface area contributed by atoms with E-state index in [0.717, 1.165) is 31.6 Å². The van der Waals surface area contributed by atoms with Crippen molar-refractivity contribution in [1.29, 1.82) is 0 Å². The lowest BCUT2D eigenvalue weighted by Gasteiger charge is -2.38. The summed E-state index contributed by atoms with van der Waals surface area (Å²) in [7, 11) is 1.65. The van der Waals surface area contributed by atoms with Gasteiger partial charge in [-0.15, -0.1) is 0 Å². The second kappa shape index (κ2) is 5.11. The summed E-state index contributed by atoms with van der Waals surface area (Å²) in [5, 5.41) is 2.69. The van der Waals surface area contributed by atoms with E-state index in [1.165, 1.54) is 0 Å². The van der Waals surface area contributed by atoms with Crippen LogP contribution in [0.4, 0.5) is 11.4 Å².